The first-order valence-corrected chi connectivity index (χ1v) is 10.7. The fourth-order valence-corrected chi connectivity index (χ4v) is 4.53. The molecule has 29 heavy (non-hydrogen) atoms. The van der Waals surface area contributed by atoms with Crippen molar-refractivity contribution >= 4 is 21.5 Å². The Kier molecular flexibility index (Phi) is 5.77. The van der Waals surface area contributed by atoms with Crippen LogP contribution in [-0.4, -0.2) is 18.1 Å². The summed E-state index contributed by atoms with van der Waals surface area (Å²) in [7, 11) is 0. The second kappa shape index (κ2) is 8.62. The molecule has 0 saturated carbocycles. The maximum atomic E-state index is 14.2. The van der Waals surface area contributed by atoms with Crippen molar-refractivity contribution in [3.05, 3.63) is 65.5 Å². The number of nitriles is 1. The van der Waals surface area contributed by atoms with Crippen LogP contribution in [0, 0.1) is 23.1 Å². The number of halogens is 1. The summed E-state index contributed by atoms with van der Waals surface area (Å²) in [4.78, 5) is 7.19. The average Bonchev–Trinajstić information content (AvgIpc) is 3.18. The van der Waals surface area contributed by atoms with Gasteiger partial charge in [0.2, 0.25) is 0 Å². The van der Waals surface area contributed by atoms with E-state index in [9.17, 15) is 4.39 Å². The average molecular weight is 407 g/mol. The Morgan fingerprint density at radius 2 is 1.97 bits per heavy atom. The van der Waals surface area contributed by atoms with Crippen molar-refractivity contribution in [1.29, 1.82) is 5.26 Å². The Bertz CT molecular complexity index is 1020. The zero-order valence-electron chi connectivity index (χ0n) is 16.4. The maximum absolute atomic E-state index is 14.2. The monoisotopic (exact) mass is 406 g/mol. The van der Waals surface area contributed by atoms with E-state index >= 15 is 0 Å². The summed E-state index contributed by atoms with van der Waals surface area (Å²) < 4.78 is 14.2. The largest absolute Gasteiger partial charge is 0.371 e. The normalized spacial score (nSPS) is 14.6. The van der Waals surface area contributed by atoms with Gasteiger partial charge in [0.15, 0.2) is 5.13 Å². The van der Waals surface area contributed by atoms with Crippen LogP contribution in [0.3, 0.4) is 0 Å². The van der Waals surface area contributed by atoms with Crippen LogP contribution >= 0.6 is 11.3 Å². The molecule has 2 heterocycles. The van der Waals surface area contributed by atoms with E-state index in [1.807, 2.05) is 24.3 Å². The highest BCUT2D eigenvalue weighted by atomic mass is 32.1. The summed E-state index contributed by atoms with van der Waals surface area (Å²) in [6.45, 7) is 4.95. The number of nitrogens with one attached hydrogen (secondary N) is 1. The van der Waals surface area contributed by atoms with E-state index in [1.54, 1.807) is 17.4 Å². The highest BCUT2D eigenvalue weighted by Crippen LogP contribution is 2.39. The van der Waals surface area contributed by atoms with E-state index in [1.165, 1.54) is 17.7 Å². The molecule has 148 valence electrons. The molecule has 1 aliphatic rings. The van der Waals surface area contributed by atoms with Gasteiger partial charge in [-0.1, -0.05) is 54.7 Å². The molecule has 0 unspecified atom stereocenters. The van der Waals surface area contributed by atoms with Crippen LogP contribution in [0.2, 0.25) is 0 Å². The van der Waals surface area contributed by atoms with Crippen LogP contribution in [0.4, 0.5) is 14.5 Å². The lowest BCUT2D eigenvalue weighted by molar-refractivity contribution is 0.438. The number of thiazole rings is 1. The zero-order valence-corrected chi connectivity index (χ0v) is 17.2. The van der Waals surface area contributed by atoms with E-state index in [0.29, 0.717) is 12.1 Å². The van der Waals surface area contributed by atoms with Gasteiger partial charge < -0.3 is 10.2 Å². The molecule has 1 aromatic heterocycles. The lowest BCUT2D eigenvalue weighted by Crippen LogP contribution is -2.32. The third kappa shape index (κ3) is 4.41. The van der Waals surface area contributed by atoms with Crippen molar-refractivity contribution in [3.63, 3.8) is 0 Å². The summed E-state index contributed by atoms with van der Waals surface area (Å²) in [5.74, 6) is 0.231. The zero-order chi connectivity index (χ0) is 20.2. The molecule has 0 aliphatic carbocycles. The Hall–Kier alpha value is -2.91. The molecular formula is C23H23FN4S. The lowest BCUT2D eigenvalue weighted by atomic mass is 10.00. The second-order valence-corrected chi connectivity index (χ2v) is 8.47. The molecule has 3 aromatic rings. The van der Waals surface area contributed by atoms with Gasteiger partial charge in [0.1, 0.15) is 22.6 Å². The van der Waals surface area contributed by atoms with Crippen LogP contribution in [0.15, 0.2) is 48.5 Å². The number of anilines is 2. The molecule has 4 nitrogen and oxygen atoms in total. The van der Waals surface area contributed by atoms with E-state index < -0.39 is 5.82 Å². The topological polar surface area (TPSA) is 52.0 Å². The van der Waals surface area contributed by atoms with Gasteiger partial charge in [0.05, 0.1) is 5.56 Å². The first-order chi connectivity index (χ1) is 14.1. The molecule has 1 aliphatic heterocycles. The van der Waals surface area contributed by atoms with Crippen molar-refractivity contribution < 1.29 is 4.39 Å². The molecule has 1 saturated heterocycles. The van der Waals surface area contributed by atoms with Crippen molar-refractivity contribution in [3.8, 4) is 17.3 Å². The van der Waals surface area contributed by atoms with E-state index in [0.717, 1.165) is 47.7 Å². The SMILES string of the molecule is CC1CCN(c2nc(-c3ccc(C#N)c(F)c3)c(NCc3ccccc3)s2)CC1. The number of rotatable bonds is 5. The molecule has 0 radical (unpaired) electrons. The lowest BCUT2D eigenvalue weighted by Gasteiger charge is -2.29. The van der Waals surface area contributed by atoms with Crippen LogP contribution in [0.25, 0.3) is 11.3 Å². The number of aromatic nitrogens is 1. The van der Waals surface area contributed by atoms with Gasteiger partial charge in [0.25, 0.3) is 0 Å². The molecule has 0 bridgehead atoms. The molecule has 0 amide bonds. The Labute approximate surface area is 174 Å². The van der Waals surface area contributed by atoms with Gasteiger partial charge in [-0.15, -0.1) is 0 Å². The fourth-order valence-electron chi connectivity index (χ4n) is 3.49. The standard InChI is InChI=1S/C23H23FN4S/c1-16-9-11-28(12-10-16)23-27-21(18-7-8-19(14-25)20(24)13-18)22(29-23)26-15-17-5-3-2-4-6-17/h2-8,13,16,26H,9-12,15H2,1H3. The van der Waals surface area contributed by atoms with Crippen LogP contribution in [0.1, 0.15) is 30.9 Å². The smallest absolute Gasteiger partial charge is 0.187 e. The second-order valence-electron chi connectivity index (χ2n) is 7.49. The number of hydrogen-bond acceptors (Lipinski definition) is 5. The molecule has 4 rings (SSSR count). The quantitative estimate of drug-likeness (QED) is 0.593. The highest BCUT2D eigenvalue weighted by molar-refractivity contribution is 7.20. The maximum Gasteiger partial charge on any atom is 0.187 e. The van der Waals surface area contributed by atoms with E-state index in [-0.39, 0.29) is 5.56 Å². The number of piperidine rings is 1. The third-order valence-corrected chi connectivity index (χ3v) is 6.40. The minimum Gasteiger partial charge on any atom is -0.371 e. The molecule has 1 N–H and O–H groups in total. The third-order valence-electron chi connectivity index (χ3n) is 5.33. The minimum atomic E-state index is -0.514. The number of hydrogen-bond donors (Lipinski definition) is 1. The predicted octanol–water partition coefficient (Wildman–Crippen LogP) is 5.67. The Balaban J connectivity index is 1.65. The Morgan fingerprint density at radius 1 is 1.21 bits per heavy atom. The van der Waals surface area contributed by atoms with Crippen LogP contribution < -0.4 is 10.2 Å². The van der Waals surface area contributed by atoms with Gasteiger partial charge >= 0.3 is 0 Å². The molecular weight excluding hydrogens is 383 g/mol. The van der Waals surface area contributed by atoms with Crippen molar-refractivity contribution in [2.75, 3.05) is 23.3 Å². The van der Waals surface area contributed by atoms with Crippen LogP contribution in [-0.2, 0) is 6.54 Å². The van der Waals surface area contributed by atoms with Gasteiger partial charge in [-0.2, -0.15) is 5.26 Å². The van der Waals surface area contributed by atoms with Crippen LogP contribution in [0.5, 0.6) is 0 Å². The van der Waals surface area contributed by atoms with E-state index in [2.05, 4.69) is 29.3 Å². The minimum absolute atomic E-state index is 0.0491. The van der Waals surface area contributed by atoms with Gasteiger partial charge in [-0.05, 0) is 36.5 Å². The Morgan fingerprint density at radius 3 is 2.66 bits per heavy atom. The van der Waals surface area contributed by atoms with Crippen molar-refractivity contribution in [2.24, 2.45) is 5.92 Å². The fraction of sp³-hybridized carbons (Fsp3) is 0.304. The van der Waals surface area contributed by atoms with Gasteiger partial charge in [-0.3, -0.25) is 0 Å². The summed E-state index contributed by atoms with van der Waals surface area (Å²) in [6.07, 6.45) is 2.32. The molecule has 1 fully saturated rings. The predicted molar refractivity (Wildman–Crippen MR) is 117 cm³/mol. The summed E-state index contributed by atoms with van der Waals surface area (Å²) >= 11 is 1.61. The molecule has 6 heteroatoms. The summed E-state index contributed by atoms with van der Waals surface area (Å²) in [5, 5.41) is 14.4. The van der Waals surface area contributed by atoms with Gasteiger partial charge in [-0.25, -0.2) is 9.37 Å². The molecule has 2 aromatic carbocycles. The van der Waals surface area contributed by atoms with Crippen molar-refractivity contribution in [1.82, 2.24) is 4.98 Å². The summed E-state index contributed by atoms with van der Waals surface area (Å²) in [6, 6.07) is 16.7. The molecule has 0 spiro atoms. The first kappa shape index (κ1) is 19.4. The number of nitrogens with zero attached hydrogens (tertiary/aromatic N) is 3. The summed E-state index contributed by atoms with van der Waals surface area (Å²) in [5.41, 5.74) is 2.65. The van der Waals surface area contributed by atoms with E-state index in [4.69, 9.17) is 10.2 Å². The molecule has 0 atom stereocenters. The van der Waals surface area contributed by atoms with Crippen molar-refractivity contribution in [2.45, 2.75) is 26.3 Å². The number of benzene rings is 2. The first-order valence-electron chi connectivity index (χ1n) is 9.87. The van der Waals surface area contributed by atoms with Gasteiger partial charge in [0, 0.05) is 25.2 Å². The highest BCUT2D eigenvalue weighted by Gasteiger charge is 2.22.